The van der Waals surface area contributed by atoms with E-state index in [1.807, 2.05) is 19.1 Å². The van der Waals surface area contributed by atoms with E-state index in [1.54, 1.807) is 0 Å². The molecule has 1 aliphatic rings. The van der Waals surface area contributed by atoms with E-state index in [2.05, 4.69) is 61.9 Å². The molecule has 0 fully saturated rings. The molecule has 1 heterocycles. The number of hydrogen-bond donors (Lipinski definition) is 0. The first-order chi connectivity index (χ1) is 10.7. The molecule has 1 aliphatic carbocycles. The summed E-state index contributed by atoms with van der Waals surface area (Å²) in [4.78, 5) is 0. The Morgan fingerprint density at radius 2 is 1.61 bits per heavy atom. The van der Waals surface area contributed by atoms with Crippen molar-refractivity contribution in [3.8, 4) is 11.1 Å². The van der Waals surface area contributed by atoms with Gasteiger partial charge in [-0.3, -0.25) is 0 Å². The molecule has 23 heavy (non-hydrogen) atoms. The number of rotatable bonds is 2. The Morgan fingerprint density at radius 3 is 2.30 bits per heavy atom. The first-order valence-electron chi connectivity index (χ1n) is 7.54. The van der Waals surface area contributed by atoms with Crippen LogP contribution in [0, 0.1) is 20.3 Å². The van der Waals surface area contributed by atoms with Crippen molar-refractivity contribution in [1.29, 1.82) is 0 Å². The molecular formula is C21H17OZr. The molecule has 0 bridgehead atoms. The molecule has 0 spiro atoms. The van der Waals surface area contributed by atoms with Crippen molar-refractivity contribution >= 4 is 11.6 Å². The number of aryl methyl sites for hydroxylation is 2. The van der Waals surface area contributed by atoms with E-state index in [0.717, 1.165) is 17.1 Å². The fourth-order valence-electron chi connectivity index (χ4n) is 3.11. The zero-order valence-electron chi connectivity index (χ0n) is 13.3. The van der Waals surface area contributed by atoms with Gasteiger partial charge in [0.2, 0.25) is 0 Å². The molecule has 0 unspecified atom stereocenters. The standard InChI is InChI=1S/C21H17O.Zr/c1-14-8-10-17-12-18(20-11-9-15(2)22-20)13-19(17)21(14)16-6-4-3-5-7-16;/h3-13H,1-2H3;. The van der Waals surface area contributed by atoms with E-state index in [-0.39, 0.29) is 26.2 Å². The SMILES string of the molecule is Cc1ccc(C2=Cc3c(ccc(C)c3-c3ccccc3)[CH]2)o1.[Zr]. The molecule has 0 N–H and O–H groups in total. The van der Waals surface area contributed by atoms with Gasteiger partial charge in [-0.05, 0) is 59.9 Å². The molecule has 2 aromatic carbocycles. The molecular weight excluding hydrogens is 359 g/mol. The summed E-state index contributed by atoms with van der Waals surface area (Å²) in [7, 11) is 0. The third kappa shape index (κ3) is 2.93. The van der Waals surface area contributed by atoms with Gasteiger partial charge < -0.3 is 4.42 Å². The van der Waals surface area contributed by atoms with Gasteiger partial charge in [0.25, 0.3) is 0 Å². The van der Waals surface area contributed by atoms with Crippen molar-refractivity contribution in [2.24, 2.45) is 0 Å². The second-order valence-corrected chi connectivity index (χ2v) is 5.78. The van der Waals surface area contributed by atoms with Crippen LogP contribution in [-0.2, 0) is 26.2 Å². The Kier molecular flexibility index (Phi) is 4.55. The summed E-state index contributed by atoms with van der Waals surface area (Å²) in [5.41, 5.74) is 7.56. The molecule has 0 saturated heterocycles. The minimum Gasteiger partial charge on any atom is -0.462 e. The third-order valence-corrected chi connectivity index (χ3v) is 4.19. The smallest absolute Gasteiger partial charge is 0.130 e. The van der Waals surface area contributed by atoms with Gasteiger partial charge in [-0.25, -0.2) is 0 Å². The fourth-order valence-corrected chi connectivity index (χ4v) is 3.11. The predicted molar refractivity (Wildman–Crippen MR) is 91.3 cm³/mol. The Labute approximate surface area is 156 Å². The number of hydrogen-bond acceptors (Lipinski definition) is 1. The molecule has 111 valence electrons. The molecule has 0 atom stereocenters. The first-order valence-corrected chi connectivity index (χ1v) is 7.54. The minimum absolute atomic E-state index is 0. The summed E-state index contributed by atoms with van der Waals surface area (Å²) in [6.45, 7) is 4.15. The predicted octanol–water partition coefficient (Wildman–Crippen LogP) is 5.67. The number of allylic oxidation sites excluding steroid dienone is 1. The summed E-state index contributed by atoms with van der Waals surface area (Å²) in [6.07, 6.45) is 4.45. The number of fused-ring (bicyclic) bond motifs is 1. The summed E-state index contributed by atoms with van der Waals surface area (Å²) < 4.78 is 5.77. The Balaban J connectivity index is 0.00000156. The van der Waals surface area contributed by atoms with Gasteiger partial charge in [0.05, 0.1) is 0 Å². The topological polar surface area (TPSA) is 13.1 Å². The van der Waals surface area contributed by atoms with Crippen molar-refractivity contribution in [2.75, 3.05) is 0 Å². The maximum atomic E-state index is 5.77. The van der Waals surface area contributed by atoms with Crippen molar-refractivity contribution in [3.63, 3.8) is 0 Å². The van der Waals surface area contributed by atoms with Crippen LogP contribution in [-0.4, -0.2) is 0 Å². The van der Waals surface area contributed by atoms with Gasteiger partial charge in [-0.2, -0.15) is 0 Å². The molecule has 2 heteroatoms. The molecule has 4 rings (SSSR count). The van der Waals surface area contributed by atoms with Gasteiger partial charge in [-0.1, -0.05) is 42.5 Å². The van der Waals surface area contributed by atoms with Crippen LogP contribution in [0.15, 0.2) is 59.0 Å². The van der Waals surface area contributed by atoms with Gasteiger partial charge in [-0.15, -0.1) is 0 Å². The van der Waals surface area contributed by atoms with Crippen LogP contribution in [0.1, 0.15) is 28.2 Å². The van der Waals surface area contributed by atoms with Gasteiger partial charge >= 0.3 is 0 Å². The zero-order chi connectivity index (χ0) is 15.1. The molecule has 1 nitrogen and oxygen atoms in total. The Hall–Kier alpha value is -1.66. The largest absolute Gasteiger partial charge is 0.462 e. The Bertz CT molecular complexity index is 872. The molecule has 1 radical (unpaired) electrons. The molecule has 0 aliphatic heterocycles. The average Bonchev–Trinajstić information content (AvgIpc) is 3.14. The van der Waals surface area contributed by atoms with Gasteiger partial charge in [0, 0.05) is 38.2 Å². The van der Waals surface area contributed by atoms with E-state index >= 15 is 0 Å². The summed E-state index contributed by atoms with van der Waals surface area (Å²) >= 11 is 0. The first kappa shape index (κ1) is 16.2. The summed E-state index contributed by atoms with van der Waals surface area (Å²) in [5, 5.41) is 0. The number of benzene rings is 2. The normalized spacial score (nSPS) is 12.5. The maximum absolute atomic E-state index is 5.77. The second-order valence-electron chi connectivity index (χ2n) is 5.78. The van der Waals surface area contributed by atoms with Crippen LogP contribution in [0.3, 0.4) is 0 Å². The van der Waals surface area contributed by atoms with Crippen LogP contribution in [0.25, 0.3) is 22.8 Å². The van der Waals surface area contributed by atoms with E-state index in [0.29, 0.717) is 0 Å². The fraction of sp³-hybridized carbons (Fsp3) is 0.0952. The van der Waals surface area contributed by atoms with Crippen molar-refractivity contribution in [1.82, 2.24) is 0 Å². The van der Waals surface area contributed by atoms with E-state index < -0.39 is 0 Å². The third-order valence-electron chi connectivity index (χ3n) is 4.19. The van der Waals surface area contributed by atoms with Crippen LogP contribution in [0.4, 0.5) is 0 Å². The van der Waals surface area contributed by atoms with E-state index in [9.17, 15) is 0 Å². The molecule has 1 aromatic heterocycles. The minimum atomic E-state index is 0. The van der Waals surface area contributed by atoms with Crippen molar-refractivity contribution in [3.05, 3.63) is 89.2 Å². The zero-order valence-corrected chi connectivity index (χ0v) is 15.7. The van der Waals surface area contributed by atoms with Crippen molar-refractivity contribution < 1.29 is 30.6 Å². The average molecular weight is 377 g/mol. The molecule has 3 aromatic rings. The van der Waals surface area contributed by atoms with Crippen LogP contribution >= 0.6 is 0 Å². The van der Waals surface area contributed by atoms with Crippen molar-refractivity contribution in [2.45, 2.75) is 13.8 Å². The van der Waals surface area contributed by atoms with E-state index in [1.165, 1.54) is 27.8 Å². The molecule has 0 saturated carbocycles. The quantitative estimate of drug-likeness (QED) is 0.562. The summed E-state index contributed by atoms with van der Waals surface area (Å²) in [5.74, 6) is 1.88. The van der Waals surface area contributed by atoms with Crippen LogP contribution in [0.2, 0.25) is 0 Å². The second kappa shape index (κ2) is 6.45. The van der Waals surface area contributed by atoms with Gasteiger partial charge in [0.1, 0.15) is 11.5 Å². The number of furan rings is 1. The van der Waals surface area contributed by atoms with Crippen LogP contribution in [0.5, 0.6) is 0 Å². The Morgan fingerprint density at radius 1 is 0.826 bits per heavy atom. The van der Waals surface area contributed by atoms with Gasteiger partial charge in [0.15, 0.2) is 0 Å². The monoisotopic (exact) mass is 375 g/mol. The van der Waals surface area contributed by atoms with Crippen LogP contribution < -0.4 is 0 Å². The maximum Gasteiger partial charge on any atom is 0.130 e. The van der Waals surface area contributed by atoms with E-state index in [4.69, 9.17) is 4.42 Å². The summed E-state index contributed by atoms with van der Waals surface area (Å²) in [6, 6.07) is 19.0. The molecule has 0 amide bonds.